The van der Waals surface area contributed by atoms with E-state index in [0.717, 1.165) is 49.6 Å². The molecular weight excluding hydrogens is 312 g/mol. The molecule has 1 aliphatic rings. The molecule has 3 rings (SSSR count). The van der Waals surface area contributed by atoms with Crippen LogP contribution in [0.1, 0.15) is 52.1 Å². The van der Waals surface area contributed by atoms with Gasteiger partial charge in [-0.25, -0.2) is 0 Å². The molecule has 3 heterocycles. The number of hydrogen-bond acceptors (Lipinski definition) is 3. The minimum absolute atomic E-state index is 0.234. The lowest BCUT2D eigenvalue weighted by molar-refractivity contribution is -0.140. The van der Waals surface area contributed by atoms with Gasteiger partial charge in [-0.15, -0.1) is 0 Å². The first-order valence-electron chi connectivity index (χ1n) is 9.18. The number of amides is 1. The number of pyridine rings is 1. The third-order valence-corrected chi connectivity index (χ3v) is 4.82. The highest BCUT2D eigenvalue weighted by Gasteiger charge is 2.31. The van der Waals surface area contributed by atoms with Crippen molar-refractivity contribution in [2.24, 2.45) is 5.41 Å². The first-order chi connectivity index (χ1) is 11.9. The van der Waals surface area contributed by atoms with Gasteiger partial charge in [-0.05, 0) is 38.0 Å². The minimum atomic E-state index is -0.329. The molecule has 0 bridgehead atoms. The average Bonchev–Trinajstić information content (AvgIpc) is 3.09. The molecule has 0 spiro atoms. The lowest BCUT2D eigenvalue weighted by Gasteiger charge is -2.36. The molecule has 0 unspecified atom stereocenters. The topological polar surface area (TPSA) is 51.0 Å². The highest BCUT2D eigenvalue weighted by molar-refractivity contribution is 5.81. The summed E-state index contributed by atoms with van der Waals surface area (Å²) in [6.07, 6.45) is 3.93. The van der Waals surface area contributed by atoms with E-state index in [1.54, 1.807) is 0 Å². The quantitative estimate of drug-likeness (QED) is 0.856. The van der Waals surface area contributed by atoms with E-state index in [4.69, 9.17) is 4.98 Å². The second-order valence-electron chi connectivity index (χ2n) is 7.82. The van der Waals surface area contributed by atoms with E-state index in [1.165, 1.54) is 0 Å². The van der Waals surface area contributed by atoms with E-state index in [1.807, 2.05) is 48.7 Å². The third-order valence-electron chi connectivity index (χ3n) is 4.82. The molecule has 1 saturated heterocycles. The zero-order valence-electron chi connectivity index (χ0n) is 15.7. The van der Waals surface area contributed by atoms with Crippen molar-refractivity contribution in [3.05, 3.63) is 36.2 Å². The maximum atomic E-state index is 12.6. The van der Waals surface area contributed by atoms with Gasteiger partial charge in [0, 0.05) is 42.9 Å². The Morgan fingerprint density at radius 3 is 2.80 bits per heavy atom. The van der Waals surface area contributed by atoms with Crippen LogP contribution < -0.4 is 0 Å². The summed E-state index contributed by atoms with van der Waals surface area (Å²) in [6, 6.07) is 8.20. The zero-order valence-corrected chi connectivity index (χ0v) is 15.7. The summed E-state index contributed by atoms with van der Waals surface area (Å²) in [5, 5.41) is 4.34. The Kier molecular flexibility index (Phi) is 4.93. The van der Waals surface area contributed by atoms with Gasteiger partial charge >= 0.3 is 0 Å². The number of aromatic nitrogens is 3. The van der Waals surface area contributed by atoms with Crippen LogP contribution in [-0.4, -0.2) is 38.7 Å². The fraction of sp³-hybridized carbons (Fsp3) is 0.550. The van der Waals surface area contributed by atoms with Crippen molar-refractivity contribution in [1.82, 2.24) is 19.7 Å². The van der Waals surface area contributed by atoms with E-state index in [9.17, 15) is 4.79 Å². The van der Waals surface area contributed by atoms with Crippen molar-refractivity contribution in [2.45, 2.75) is 53.0 Å². The van der Waals surface area contributed by atoms with Gasteiger partial charge in [0.2, 0.25) is 5.91 Å². The van der Waals surface area contributed by atoms with Crippen LogP contribution in [0.2, 0.25) is 0 Å². The molecule has 2 aromatic rings. The molecule has 1 amide bonds. The zero-order chi connectivity index (χ0) is 18.0. The fourth-order valence-electron chi connectivity index (χ4n) is 3.50. The summed E-state index contributed by atoms with van der Waals surface area (Å²) in [5.74, 6) is 0.537. The number of carbonyl (C=O) groups is 1. The third kappa shape index (κ3) is 3.75. The number of piperidine rings is 1. The minimum Gasteiger partial charge on any atom is -0.342 e. The van der Waals surface area contributed by atoms with Gasteiger partial charge in [-0.2, -0.15) is 5.10 Å². The lowest BCUT2D eigenvalue weighted by atomic mass is 9.89. The molecule has 1 aliphatic heterocycles. The van der Waals surface area contributed by atoms with Gasteiger partial charge < -0.3 is 4.90 Å². The molecule has 2 aromatic heterocycles. The van der Waals surface area contributed by atoms with Crippen LogP contribution in [0.3, 0.4) is 0 Å². The molecule has 0 aliphatic carbocycles. The molecule has 0 aromatic carbocycles. The van der Waals surface area contributed by atoms with Crippen molar-refractivity contribution >= 4 is 5.91 Å². The van der Waals surface area contributed by atoms with Crippen LogP contribution in [-0.2, 0) is 11.3 Å². The number of rotatable bonds is 3. The van der Waals surface area contributed by atoms with Gasteiger partial charge in [0.25, 0.3) is 0 Å². The second kappa shape index (κ2) is 6.98. The molecule has 0 saturated carbocycles. The van der Waals surface area contributed by atoms with Crippen LogP contribution in [0.5, 0.6) is 0 Å². The summed E-state index contributed by atoms with van der Waals surface area (Å²) in [7, 11) is 0. The predicted octanol–water partition coefficient (Wildman–Crippen LogP) is 3.72. The Hall–Kier alpha value is -2.17. The summed E-state index contributed by atoms with van der Waals surface area (Å²) in [5.41, 5.74) is 2.75. The molecular formula is C20H28N4O. The monoisotopic (exact) mass is 340 g/mol. The van der Waals surface area contributed by atoms with Crippen LogP contribution in [0.25, 0.3) is 11.4 Å². The van der Waals surface area contributed by atoms with Crippen LogP contribution in [0.4, 0.5) is 0 Å². The SMILES string of the molecule is CCn1nccc1-c1cccc([C@H]2CCCN(C(=O)C(C)(C)C)C2)n1. The Morgan fingerprint density at radius 1 is 1.28 bits per heavy atom. The van der Waals surface area contributed by atoms with Crippen LogP contribution in [0.15, 0.2) is 30.5 Å². The Balaban J connectivity index is 1.82. The van der Waals surface area contributed by atoms with Crippen LogP contribution in [0, 0.1) is 5.41 Å². The van der Waals surface area contributed by atoms with Gasteiger partial charge in [-0.1, -0.05) is 26.8 Å². The molecule has 0 N–H and O–H groups in total. The number of likely N-dealkylation sites (tertiary alicyclic amines) is 1. The number of carbonyl (C=O) groups excluding carboxylic acids is 1. The number of nitrogens with zero attached hydrogens (tertiary/aromatic N) is 4. The molecule has 5 nitrogen and oxygen atoms in total. The number of hydrogen-bond donors (Lipinski definition) is 0. The second-order valence-corrected chi connectivity index (χ2v) is 7.82. The Morgan fingerprint density at radius 2 is 2.08 bits per heavy atom. The number of aryl methyl sites for hydroxylation is 1. The van der Waals surface area contributed by atoms with E-state index < -0.39 is 0 Å². The van der Waals surface area contributed by atoms with Gasteiger partial charge in [0.05, 0.1) is 11.4 Å². The predicted molar refractivity (Wildman–Crippen MR) is 99.1 cm³/mol. The van der Waals surface area contributed by atoms with Gasteiger partial charge in [0.1, 0.15) is 0 Å². The normalized spacial score (nSPS) is 18.4. The van der Waals surface area contributed by atoms with Crippen molar-refractivity contribution < 1.29 is 4.79 Å². The van der Waals surface area contributed by atoms with Crippen molar-refractivity contribution in [3.8, 4) is 11.4 Å². The van der Waals surface area contributed by atoms with Gasteiger partial charge in [-0.3, -0.25) is 14.5 Å². The van der Waals surface area contributed by atoms with Crippen molar-refractivity contribution in [1.29, 1.82) is 0 Å². The van der Waals surface area contributed by atoms with Gasteiger partial charge in [0.15, 0.2) is 0 Å². The Bertz CT molecular complexity index is 744. The first-order valence-corrected chi connectivity index (χ1v) is 9.18. The van der Waals surface area contributed by atoms with Crippen molar-refractivity contribution in [3.63, 3.8) is 0 Å². The molecule has 1 atom stereocenters. The fourth-order valence-corrected chi connectivity index (χ4v) is 3.50. The van der Waals surface area contributed by atoms with Crippen molar-refractivity contribution in [2.75, 3.05) is 13.1 Å². The first kappa shape index (κ1) is 17.6. The maximum absolute atomic E-state index is 12.6. The summed E-state index contributed by atoms with van der Waals surface area (Å²) < 4.78 is 1.96. The Labute approximate surface area is 150 Å². The van der Waals surface area contributed by atoms with E-state index in [-0.39, 0.29) is 11.3 Å². The van der Waals surface area contributed by atoms with Crippen LogP contribution >= 0.6 is 0 Å². The van der Waals surface area contributed by atoms with E-state index >= 15 is 0 Å². The maximum Gasteiger partial charge on any atom is 0.227 e. The summed E-state index contributed by atoms with van der Waals surface area (Å²) in [4.78, 5) is 19.5. The highest BCUT2D eigenvalue weighted by atomic mass is 16.2. The molecule has 25 heavy (non-hydrogen) atoms. The molecule has 1 fully saturated rings. The molecule has 134 valence electrons. The average molecular weight is 340 g/mol. The lowest BCUT2D eigenvalue weighted by Crippen LogP contribution is -2.44. The largest absolute Gasteiger partial charge is 0.342 e. The smallest absolute Gasteiger partial charge is 0.227 e. The summed E-state index contributed by atoms with van der Waals surface area (Å²) in [6.45, 7) is 10.5. The van der Waals surface area contributed by atoms with E-state index in [0.29, 0.717) is 5.92 Å². The highest BCUT2D eigenvalue weighted by Crippen LogP contribution is 2.30. The molecule has 0 radical (unpaired) electrons. The summed E-state index contributed by atoms with van der Waals surface area (Å²) >= 11 is 0. The van der Waals surface area contributed by atoms with E-state index in [2.05, 4.69) is 24.2 Å². The standard InChI is InChI=1S/C20H28N4O/c1-5-24-18(11-12-21-24)17-10-6-9-16(22-17)15-8-7-13-23(14-15)19(25)20(2,3)4/h6,9-12,15H,5,7-8,13-14H2,1-4H3/t15-/m0/s1. The molecule has 5 heteroatoms.